The third-order valence-corrected chi connectivity index (χ3v) is 2.47. The molecule has 3 nitrogen and oxygen atoms in total. The van der Waals surface area contributed by atoms with E-state index in [-0.39, 0.29) is 11.3 Å². The lowest BCUT2D eigenvalue weighted by atomic mass is 9.93. The van der Waals surface area contributed by atoms with Crippen molar-refractivity contribution in [3.63, 3.8) is 0 Å². The maximum Gasteiger partial charge on any atom is 0.242 e. The number of nitrogens with zero attached hydrogens (tertiary/aromatic N) is 1. The Balaban J connectivity index is 2.51. The molecule has 4 heteroatoms. The van der Waals surface area contributed by atoms with Gasteiger partial charge in [0.25, 0.3) is 0 Å². The van der Waals surface area contributed by atoms with Crippen LogP contribution in [0.2, 0.25) is 0 Å². The molecule has 0 aromatic carbocycles. The number of hydrogen-bond acceptors (Lipinski definition) is 2. The molecule has 0 aromatic rings. The number of amides is 1. The SMILES string of the molecule is CC1(C)CCN(C(=O)[C@H](N)CF)C1. The third kappa shape index (κ3) is 2.40. The Kier molecular flexibility index (Phi) is 2.91. The van der Waals surface area contributed by atoms with Crippen molar-refractivity contribution in [3.05, 3.63) is 0 Å². The van der Waals surface area contributed by atoms with Crippen molar-refractivity contribution in [2.45, 2.75) is 26.3 Å². The molecule has 1 fully saturated rings. The molecular weight excluding hydrogens is 171 g/mol. The van der Waals surface area contributed by atoms with E-state index < -0.39 is 12.7 Å². The highest BCUT2D eigenvalue weighted by Gasteiger charge is 2.33. The Bertz CT molecular complexity index is 206. The molecule has 13 heavy (non-hydrogen) atoms. The first-order valence-corrected chi connectivity index (χ1v) is 4.56. The summed E-state index contributed by atoms with van der Waals surface area (Å²) in [6, 6.07) is -0.964. The lowest BCUT2D eigenvalue weighted by Gasteiger charge is -2.21. The summed E-state index contributed by atoms with van der Waals surface area (Å²) in [6.07, 6.45) is 0.970. The Labute approximate surface area is 78.1 Å². The number of likely N-dealkylation sites (tertiary alicyclic amines) is 1. The molecule has 1 amide bonds. The predicted octanol–water partition coefficient (Wildman–Crippen LogP) is 0.542. The molecule has 1 rings (SSSR count). The monoisotopic (exact) mass is 188 g/mol. The van der Waals surface area contributed by atoms with E-state index in [1.807, 2.05) is 0 Å². The van der Waals surface area contributed by atoms with E-state index >= 15 is 0 Å². The van der Waals surface area contributed by atoms with Gasteiger partial charge in [0, 0.05) is 13.1 Å². The minimum Gasteiger partial charge on any atom is -0.341 e. The molecular formula is C9H17FN2O. The fraction of sp³-hybridized carbons (Fsp3) is 0.889. The molecule has 1 aliphatic heterocycles. The predicted molar refractivity (Wildman–Crippen MR) is 48.9 cm³/mol. The lowest BCUT2D eigenvalue weighted by Crippen LogP contribution is -2.44. The molecule has 2 N–H and O–H groups in total. The maximum absolute atomic E-state index is 12.1. The zero-order chi connectivity index (χ0) is 10.1. The Morgan fingerprint density at radius 2 is 2.31 bits per heavy atom. The largest absolute Gasteiger partial charge is 0.341 e. The summed E-state index contributed by atoms with van der Waals surface area (Å²) in [5, 5.41) is 0. The van der Waals surface area contributed by atoms with Crippen molar-refractivity contribution < 1.29 is 9.18 Å². The normalized spacial score (nSPS) is 23.2. The van der Waals surface area contributed by atoms with Gasteiger partial charge >= 0.3 is 0 Å². The second-order valence-electron chi connectivity index (χ2n) is 4.43. The Hall–Kier alpha value is -0.640. The molecule has 0 aliphatic carbocycles. The molecule has 1 heterocycles. The minimum atomic E-state index is -0.964. The first-order chi connectivity index (χ1) is 5.96. The van der Waals surface area contributed by atoms with E-state index in [0.717, 1.165) is 6.42 Å². The van der Waals surface area contributed by atoms with Crippen LogP contribution in [0.25, 0.3) is 0 Å². The average Bonchev–Trinajstić information content (AvgIpc) is 2.43. The average molecular weight is 188 g/mol. The summed E-state index contributed by atoms with van der Waals surface area (Å²) in [5.41, 5.74) is 5.48. The lowest BCUT2D eigenvalue weighted by molar-refractivity contribution is -0.132. The van der Waals surface area contributed by atoms with Crippen LogP contribution < -0.4 is 5.73 Å². The van der Waals surface area contributed by atoms with Gasteiger partial charge in [-0.1, -0.05) is 13.8 Å². The van der Waals surface area contributed by atoms with Gasteiger partial charge in [-0.3, -0.25) is 4.79 Å². The van der Waals surface area contributed by atoms with Crippen LogP contribution in [-0.4, -0.2) is 36.6 Å². The van der Waals surface area contributed by atoms with Crippen LogP contribution in [-0.2, 0) is 4.79 Å². The molecule has 0 spiro atoms. The molecule has 1 aliphatic rings. The standard InChI is InChI=1S/C9H17FN2O/c1-9(2)3-4-12(6-9)8(13)7(11)5-10/h7H,3-6,11H2,1-2H3/t7-/m1/s1. The molecule has 0 saturated carbocycles. The number of carbonyl (C=O) groups is 1. The van der Waals surface area contributed by atoms with Crippen molar-refractivity contribution in [1.29, 1.82) is 0 Å². The number of alkyl halides is 1. The first-order valence-electron chi connectivity index (χ1n) is 4.56. The van der Waals surface area contributed by atoms with E-state index in [0.29, 0.717) is 13.1 Å². The minimum absolute atomic E-state index is 0.158. The van der Waals surface area contributed by atoms with E-state index in [2.05, 4.69) is 13.8 Å². The van der Waals surface area contributed by atoms with Crippen LogP contribution in [0.3, 0.4) is 0 Å². The molecule has 0 unspecified atom stereocenters. The quantitative estimate of drug-likeness (QED) is 0.687. The highest BCUT2D eigenvalue weighted by atomic mass is 19.1. The van der Waals surface area contributed by atoms with Crippen LogP contribution in [0.1, 0.15) is 20.3 Å². The number of rotatable bonds is 2. The molecule has 1 saturated heterocycles. The maximum atomic E-state index is 12.1. The van der Waals surface area contributed by atoms with Crippen LogP contribution >= 0.6 is 0 Å². The van der Waals surface area contributed by atoms with Crippen molar-refractivity contribution in [3.8, 4) is 0 Å². The summed E-state index contributed by atoms with van der Waals surface area (Å²) in [4.78, 5) is 13.1. The van der Waals surface area contributed by atoms with Gasteiger partial charge in [0.1, 0.15) is 12.7 Å². The summed E-state index contributed by atoms with van der Waals surface area (Å²) in [7, 11) is 0. The summed E-state index contributed by atoms with van der Waals surface area (Å²) < 4.78 is 12.1. The summed E-state index contributed by atoms with van der Waals surface area (Å²) >= 11 is 0. The highest BCUT2D eigenvalue weighted by molar-refractivity contribution is 5.82. The van der Waals surface area contributed by atoms with Gasteiger partial charge in [0.05, 0.1) is 0 Å². The van der Waals surface area contributed by atoms with Gasteiger partial charge < -0.3 is 10.6 Å². The number of hydrogen-bond donors (Lipinski definition) is 1. The van der Waals surface area contributed by atoms with Crippen molar-refractivity contribution in [2.24, 2.45) is 11.1 Å². The second kappa shape index (κ2) is 3.62. The highest BCUT2D eigenvalue weighted by Crippen LogP contribution is 2.28. The zero-order valence-electron chi connectivity index (χ0n) is 8.22. The fourth-order valence-corrected chi connectivity index (χ4v) is 1.60. The van der Waals surface area contributed by atoms with Gasteiger partial charge in [0.15, 0.2) is 0 Å². The number of halogens is 1. The van der Waals surface area contributed by atoms with Crippen molar-refractivity contribution in [2.75, 3.05) is 19.8 Å². The fourth-order valence-electron chi connectivity index (χ4n) is 1.60. The Morgan fingerprint density at radius 1 is 1.69 bits per heavy atom. The molecule has 0 aromatic heterocycles. The zero-order valence-corrected chi connectivity index (χ0v) is 8.22. The topological polar surface area (TPSA) is 46.3 Å². The first kappa shape index (κ1) is 10.4. The van der Waals surface area contributed by atoms with Crippen LogP contribution in [0.15, 0.2) is 0 Å². The van der Waals surface area contributed by atoms with E-state index in [1.54, 1.807) is 4.90 Å². The van der Waals surface area contributed by atoms with Gasteiger partial charge in [-0.05, 0) is 11.8 Å². The number of nitrogens with two attached hydrogens (primary N) is 1. The van der Waals surface area contributed by atoms with Crippen LogP contribution in [0, 0.1) is 5.41 Å². The van der Waals surface area contributed by atoms with E-state index in [9.17, 15) is 9.18 Å². The smallest absolute Gasteiger partial charge is 0.242 e. The van der Waals surface area contributed by atoms with Gasteiger partial charge in [-0.25, -0.2) is 4.39 Å². The van der Waals surface area contributed by atoms with Crippen molar-refractivity contribution in [1.82, 2.24) is 4.90 Å². The van der Waals surface area contributed by atoms with Gasteiger partial charge in [0.2, 0.25) is 5.91 Å². The van der Waals surface area contributed by atoms with Gasteiger partial charge in [-0.15, -0.1) is 0 Å². The molecule has 0 radical (unpaired) electrons. The van der Waals surface area contributed by atoms with Crippen molar-refractivity contribution >= 4 is 5.91 Å². The molecule has 1 atom stereocenters. The van der Waals surface area contributed by atoms with Crippen LogP contribution in [0.5, 0.6) is 0 Å². The van der Waals surface area contributed by atoms with Gasteiger partial charge in [-0.2, -0.15) is 0 Å². The number of carbonyl (C=O) groups excluding carboxylic acids is 1. The molecule has 76 valence electrons. The van der Waals surface area contributed by atoms with E-state index in [4.69, 9.17) is 5.73 Å². The van der Waals surface area contributed by atoms with E-state index in [1.165, 1.54) is 0 Å². The summed E-state index contributed by atoms with van der Waals surface area (Å²) in [6.45, 7) is 4.83. The third-order valence-electron chi connectivity index (χ3n) is 2.47. The summed E-state index contributed by atoms with van der Waals surface area (Å²) in [5.74, 6) is -0.256. The molecule has 0 bridgehead atoms. The van der Waals surface area contributed by atoms with Crippen LogP contribution in [0.4, 0.5) is 4.39 Å². The second-order valence-corrected chi connectivity index (χ2v) is 4.43. The Morgan fingerprint density at radius 3 is 2.69 bits per heavy atom.